The van der Waals surface area contributed by atoms with Gasteiger partial charge in [-0.15, -0.1) is 0 Å². The minimum Gasteiger partial charge on any atom is -0.388 e. The number of nitrogens with two attached hydrogens (primary N) is 1. The average Bonchev–Trinajstić information content (AvgIpc) is 2.41. The van der Waals surface area contributed by atoms with Gasteiger partial charge < -0.3 is 10.8 Å². The molecule has 0 radical (unpaired) electrons. The molecule has 0 amide bonds. The molecule has 0 fully saturated rings. The van der Waals surface area contributed by atoms with Crippen LogP contribution in [0.5, 0.6) is 0 Å². The van der Waals surface area contributed by atoms with Crippen LogP contribution >= 0.6 is 39.1 Å². The summed E-state index contributed by atoms with van der Waals surface area (Å²) in [6.07, 6.45) is -0.726. The summed E-state index contributed by atoms with van der Waals surface area (Å²) in [7, 11) is 0. The summed E-state index contributed by atoms with van der Waals surface area (Å²) in [5.74, 6) is -0.283. The molecule has 2 atom stereocenters. The molecular weight excluding hydrogens is 361 g/mol. The Balaban J connectivity index is 2.36. The van der Waals surface area contributed by atoms with E-state index < -0.39 is 6.10 Å². The molecule has 2 aromatic rings. The largest absolute Gasteiger partial charge is 0.388 e. The third-order valence-corrected chi connectivity index (χ3v) is 4.24. The van der Waals surface area contributed by atoms with Crippen LogP contribution in [0.4, 0.5) is 0 Å². The van der Waals surface area contributed by atoms with Crippen LogP contribution in [-0.2, 0) is 0 Å². The molecular formula is C15H14BrCl2NO. The van der Waals surface area contributed by atoms with Crippen molar-refractivity contribution < 1.29 is 5.11 Å². The van der Waals surface area contributed by atoms with E-state index in [2.05, 4.69) is 15.9 Å². The fraction of sp³-hybridized carbons (Fsp3) is 0.200. The number of hydrogen-bond donors (Lipinski definition) is 2. The molecule has 106 valence electrons. The summed E-state index contributed by atoms with van der Waals surface area (Å²) >= 11 is 15.5. The number of rotatable bonds is 4. The number of hydrogen-bond acceptors (Lipinski definition) is 2. The van der Waals surface area contributed by atoms with Gasteiger partial charge in [0.05, 0.1) is 6.10 Å². The zero-order valence-electron chi connectivity index (χ0n) is 10.6. The van der Waals surface area contributed by atoms with Crippen LogP contribution in [0.3, 0.4) is 0 Å². The second kappa shape index (κ2) is 6.92. The zero-order valence-corrected chi connectivity index (χ0v) is 13.7. The minimum absolute atomic E-state index is 0.283. The molecule has 5 heteroatoms. The lowest BCUT2D eigenvalue weighted by atomic mass is 9.89. The monoisotopic (exact) mass is 373 g/mol. The summed E-state index contributed by atoms with van der Waals surface area (Å²) in [5.41, 5.74) is 7.41. The second-order valence-electron chi connectivity index (χ2n) is 4.51. The quantitative estimate of drug-likeness (QED) is 0.825. The van der Waals surface area contributed by atoms with Gasteiger partial charge in [-0.05, 0) is 35.4 Å². The average molecular weight is 375 g/mol. The summed E-state index contributed by atoms with van der Waals surface area (Å²) in [6, 6.07) is 12.7. The smallest absolute Gasteiger partial charge is 0.0871 e. The van der Waals surface area contributed by atoms with Gasteiger partial charge in [0.1, 0.15) is 0 Å². The van der Waals surface area contributed by atoms with Gasteiger partial charge in [0, 0.05) is 27.0 Å². The molecule has 0 aliphatic heterocycles. The lowest BCUT2D eigenvalue weighted by molar-refractivity contribution is 0.147. The summed E-state index contributed by atoms with van der Waals surface area (Å²) < 4.78 is 0.909. The Hall–Kier alpha value is -0.580. The van der Waals surface area contributed by atoms with Gasteiger partial charge in [0.25, 0.3) is 0 Å². The van der Waals surface area contributed by atoms with E-state index in [1.807, 2.05) is 30.3 Å². The van der Waals surface area contributed by atoms with Crippen LogP contribution in [0.2, 0.25) is 10.0 Å². The van der Waals surface area contributed by atoms with Gasteiger partial charge in [-0.25, -0.2) is 0 Å². The van der Waals surface area contributed by atoms with E-state index in [-0.39, 0.29) is 12.5 Å². The molecule has 0 aliphatic carbocycles. The van der Waals surface area contributed by atoms with Crippen LogP contribution in [0, 0.1) is 0 Å². The molecule has 20 heavy (non-hydrogen) atoms. The highest BCUT2D eigenvalue weighted by atomic mass is 79.9. The van der Waals surface area contributed by atoms with E-state index >= 15 is 0 Å². The van der Waals surface area contributed by atoms with E-state index in [1.54, 1.807) is 12.1 Å². The Morgan fingerprint density at radius 3 is 2.50 bits per heavy atom. The van der Waals surface area contributed by atoms with Crippen molar-refractivity contribution in [3.05, 3.63) is 68.1 Å². The van der Waals surface area contributed by atoms with Gasteiger partial charge in [-0.2, -0.15) is 0 Å². The predicted molar refractivity (Wildman–Crippen MR) is 87.4 cm³/mol. The summed E-state index contributed by atoms with van der Waals surface area (Å²) in [5, 5.41) is 11.6. The molecule has 2 unspecified atom stereocenters. The van der Waals surface area contributed by atoms with Crippen LogP contribution in [0.15, 0.2) is 46.9 Å². The van der Waals surface area contributed by atoms with E-state index in [9.17, 15) is 5.11 Å². The molecule has 0 saturated heterocycles. The maximum atomic E-state index is 10.6. The minimum atomic E-state index is -0.726. The number of benzene rings is 2. The maximum Gasteiger partial charge on any atom is 0.0871 e. The second-order valence-corrected chi connectivity index (χ2v) is 6.27. The molecule has 0 aliphatic rings. The lowest BCUT2D eigenvalue weighted by Crippen LogP contribution is -2.20. The van der Waals surface area contributed by atoms with Crippen molar-refractivity contribution in [3.8, 4) is 0 Å². The first-order valence-corrected chi connectivity index (χ1v) is 7.66. The van der Waals surface area contributed by atoms with Gasteiger partial charge >= 0.3 is 0 Å². The van der Waals surface area contributed by atoms with E-state index in [0.717, 1.165) is 15.6 Å². The third-order valence-electron chi connectivity index (χ3n) is 3.19. The van der Waals surface area contributed by atoms with E-state index in [0.29, 0.717) is 10.0 Å². The highest BCUT2D eigenvalue weighted by Gasteiger charge is 2.23. The van der Waals surface area contributed by atoms with E-state index in [1.165, 1.54) is 0 Å². The van der Waals surface area contributed by atoms with Crippen molar-refractivity contribution in [1.29, 1.82) is 0 Å². The maximum absolute atomic E-state index is 10.6. The Morgan fingerprint density at radius 1 is 1.15 bits per heavy atom. The van der Waals surface area contributed by atoms with E-state index in [4.69, 9.17) is 28.9 Å². The van der Waals surface area contributed by atoms with Crippen molar-refractivity contribution >= 4 is 39.1 Å². The van der Waals surface area contributed by atoms with Crippen molar-refractivity contribution in [2.45, 2.75) is 12.0 Å². The standard InChI is InChI=1S/C15H14BrCl2NO/c16-10-3-1-2-9(6-10)15(20)13(8-19)12-5-4-11(17)7-14(12)18/h1-7,13,15,20H,8,19H2. The molecule has 0 aromatic heterocycles. The molecule has 0 spiro atoms. The van der Waals surface area contributed by atoms with Crippen molar-refractivity contribution in [1.82, 2.24) is 0 Å². The Kier molecular flexibility index (Phi) is 5.47. The molecule has 0 bridgehead atoms. The van der Waals surface area contributed by atoms with Crippen LogP contribution < -0.4 is 5.73 Å². The molecule has 3 N–H and O–H groups in total. The topological polar surface area (TPSA) is 46.2 Å². The molecule has 2 rings (SSSR count). The summed E-state index contributed by atoms with van der Waals surface area (Å²) in [6.45, 7) is 0.287. The molecule has 0 heterocycles. The first-order chi connectivity index (χ1) is 9.52. The van der Waals surface area contributed by atoms with Crippen LogP contribution in [-0.4, -0.2) is 11.7 Å². The number of aliphatic hydroxyl groups excluding tert-OH is 1. The molecule has 2 aromatic carbocycles. The Bertz CT molecular complexity index is 606. The highest BCUT2D eigenvalue weighted by Crippen LogP contribution is 2.35. The van der Waals surface area contributed by atoms with Crippen LogP contribution in [0.1, 0.15) is 23.1 Å². The van der Waals surface area contributed by atoms with Gasteiger partial charge in [-0.1, -0.05) is 57.3 Å². The van der Waals surface area contributed by atoms with Gasteiger partial charge in [0.2, 0.25) is 0 Å². The van der Waals surface area contributed by atoms with Gasteiger partial charge in [0.15, 0.2) is 0 Å². The zero-order chi connectivity index (χ0) is 14.7. The lowest BCUT2D eigenvalue weighted by Gasteiger charge is -2.23. The summed E-state index contributed by atoms with van der Waals surface area (Å²) in [4.78, 5) is 0. The number of halogens is 3. The fourth-order valence-electron chi connectivity index (χ4n) is 2.15. The van der Waals surface area contributed by atoms with Crippen LogP contribution in [0.25, 0.3) is 0 Å². The van der Waals surface area contributed by atoms with Crippen molar-refractivity contribution in [2.24, 2.45) is 5.73 Å². The Morgan fingerprint density at radius 2 is 1.90 bits per heavy atom. The SMILES string of the molecule is NCC(c1ccc(Cl)cc1Cl)C(O)c1cccc(Br)c1. The fourth-order valence-corrected chi connectivity index (χ4v) is 3.12. The normalized spacial score (nSPS) is 14.1. The Labute approximate surface area is 136 Å². The molecule has 2 nitrogen and oxygen atoms in total. The third kappa shape index (κ3) is 3.54. The number of aliphatic hydroxyl groups is 1. The van der Waals surface area contributed by atoms with Crippen molar-refractivity contribution in [3.63, 3.8) is 0 Å². The molecule has 0 saturated carbocycles. The first kappa shape index (κ1) is 15.8. The van der Waals surface area contributed by atoms with Gasteiger partial charge in [-0.3, -0.25) is 0 Å². The van der Waals surface area contributed by atoms with Crippen molar-refractivity contribution in [2.75, 3.05) is 6.54 Å². The first-order valence-electron chi connectivity index (χ1n) is 6.11. The predicted octanol–water partition coefficient (Wildman–Crippen LogP) is 4.53. The highest BCUT2D eigenvalue weighted by molar-refractivity contribution is 9.10.